The number of rotatable bonds is 3. The van der Waals surface area contributed by atoms with Crippen LogP contribution >= 0.6 is 12.2 Å². The minimum absolute atomic E-state index is 0.610. The molecular formula is C17H24N2S. The summed E-state index contributed by atoms with van der Waals surface area (Å²) in [6, 6.07) is 9.09. The number of hydrogen-bond donors (Lipinski definition) is 1. The van der Waals surface area contributed by atoms with Crippen molar-refractivity contribution in [2.75, 3.05) is 11.4 Å². The Bertz CT molecular complexity index is 500. The Morgan fingerprint density at radius 1 is 1.30 bits per heavy atom. The van der Waals surface area contributed by atoms with Crippen molar-refractivity contribution in [3.8, 4) is 0 Å². The molecule has 0 spiro atoms. The maximum absolute atomic E-state index is 5.68. The Balaban J connectivity index is 1.70. The van der Waals surface area contributed by atoms with Crippen LogP contribution in [0.3, 0.4) is 0 Å². The molecule has 0 aliphatic heterocycles. The molecule has 20 heavy (non-hydrogen) atoms. The van der Waals surface area contributed by atoms with Crippen molar-refractivity contribution < 1.29 is 0 Å². The molecule has 0 amide bonds. The Morgan fingerprint density at radius 3 is 2.70 bits per heavy atom. The summed E-state index contributed by atoms with van der Waals surface area (Å²) in [5.41, 5.74) is 2.52. The summed E-state index contributed by atoms with van der Waals surface area (Å²) in [4.78, 5) is 2.23. The number of para-hydroxylation sites is 1. The molecule has 2 nitrogen and oxygen atoms in total. The van der Waals surface area contributed by atoms with Crippen LogP contribution in [0.15, 0.2) is 24.3 Å². The Kier molecular flexibility index (Phi) is 3.97. The van der Waals surface area contributed by atoms with Crippen LogP contribution < -0.4 is 10.2 Å². The van der Waals surface area contributed by atoms with E-state index in [-0.39, 0.29) is 0 Å². The molecule has 3 heteroatoms. The molecule has 2 saturated carbocycles. The predicted molar refractivity (Wildman–Crippen MR) is 89.2 cm³/mol. The number of thiocarbonyl (C=S) groups is 1. The van der Waals surface area contributed by atoms with E-state index >= 15 is 0 Å². The van der Waals surface area contributed by atoms with Gasteiger partial charge in [-0.3, -0.25) is 0 Å². The van der Waals surface area contributed by atoms with Crippen LogP contribution in [0.5, 0.6) is 0 Å². The van der Waals surface area contributed by atoms with Gasteiger partial charge in [0, 0.05) is 18.3 Å². The van der Waals surface area contributed by atoms with E-state index in [1.807, 2.05) is 0 Å². The molecule has 0 radical (unpaired) electrons. The van der Waals surface area contributed by atoms with Gasteiger partial charge in [-0.05, 0) is 68.8 Å². The lowest BCUT2D eigenvalue weighted by atomic mass is 9.95. The van der Waals surface area contributed by atoms with Gasteiger partial charge in [-0.1, -0.05) is 24.6 Å². The Labute approximate surface area is 127 Å². The van der Waals surface area contributed by atoms with Crippen molar-refractivity contribution in [1.82, 2.24) is 5.32 Å². The molecule has 2 aliphatic carbocycles. The van der Waals surface area contributed by atoms with E-state index in [2.05, 4.69) is 48.3 Å². The molecule has 0 heterocycles. The van der Waals surface area contributed by atoms with Gasteiger partial charge in [-0.15, -0.1) is 0 Å². The van der Waals surface area contributed by atoms with Crippen LogP contribution in [-0.4, -0.2) is 17.7 Å². The van der Waals surface area contributed by atoms with Gasteiger partial charge >= 0.3 is 0 Å². The fourth-order valence-corrected chi connectivity index (χ4v) is 4.33. The lowest BCUT2D eigenvalue weighted by molar-refractivity contribution is 0.390. The second kappa shape index (κ2) is 5.72. The molecule has 2 bridgehead atoms. The zero-order valence-electron chi connectivity index (χ0n) is 12.4. The highest BCUT2D eigenvalue weighted by Gasteiger charge is 2.40. The first kappa shape index (κ1) is 13.9. The molecule has 108 valence electrons. The average Bonchev–Trinajstić information content (AvgIpc) is 3.04. The van der Waals surface area contributed by atoms with Gasteiger partial charge in [-0.25, -0.2) is 0 Å². The van der Waals surface area contributed by atoms with Crippen molar-refractivity contribution in [2.24, 2.45) is 11.8 Å². The maximum Gasteiger partial charge on any atom is 0.173 e. The predicted octanol–water partition coefficient (Wildman–Crippen LogP) is 3.88. The molecule has 2 aliphatic rings. The number of hydrogen-bond acceptors (Lipinski definition) is 1. The largest absolute Gasteiger partial charge is 0.359 e. The fourth-order valence-electron chi connectivity index (χ4n) is 3.95. The van der Waals surface area contributed by atoms with Gasteiger partial charge in [-0.2, -0.15) is 0 Å². The van der Waals surface area contributed by atoms with Crippen LogP contribution in [0.1, 0.15) is 38.2 Å². The zero-order valence-corrected chi connectivity index (χ0v) is 13.2. The fraction of sp³-hybridized carbons (Fsp3) is 0.588. The van der Waals surface area contributed by atoms with Gasteiger partial charge in [0.15, 0.2) is 5.11 Å². The maximum atomic E-state index is 5.68. The molecule has 3 rings (SSSR count). The SMILES string of the molecule is CCN(C(=S)N[C@H]1C[C@H]2CC[C@@H]1C2)c1ccccc1C. The van der Waals surface area contributed by atoms with Crippen molar-refractivity contribution >= 4 is 23.0 Å². The molecule has 3 atom stereocenters. The molecular weight excluding hydrogens is 264 g/mol. The summed E-state index contributed by atoms with van der Waals surface area (Å²) in [5, 5.41) is 4.55. The second-order valence-corrected chi connectivity index (χ2v) is 6.65. The van der Waals surface area contributed by atoms with Crippen molar-refractivity contribution in [3.63, 3.8) is 0 Å². The van der Waals surface area contributed by atoms with Crippen LogP contribution in [0.25, 0.3) is 0 Å². The quantitative estimate of drug-likeness (QED) is 0.850. The highest BCUT2D eigenvalue weighted by atomic mass is 32.1. The number of fused-ring (bicyclic) bond motifs is 2. The van der Waals surface area contributed by atoms with Gasteiger partial charge in [0.2, 0.25) is 0 Å². The normalized spacial score (nSPS) is 27.6. The standard InChI is InChI=1S/C17H24N2S/c1-3-19(16-7-5-4-6-12(16)2)17(20)18-15-11-13-8-9-14(15)10-13/h4-7,13-15H,3,8-11H2,1-2H3,(H,18,20)/t13-,14+,15-/m0/s1. The average molecular weight is 288 g/mol. The van der Waals surface area contributed by atoms with Gasteiger partial charge in [0.05, 0.1) is 0 Å². The minimum Gasteiger partial charge on any atom is -0.359 e. The lowest BCUT2D eigenvalue weighted by Crippen LogP contribution is -2.46. The zero-order chi connectivity index (χ0) is 14.1. The molecule has 2 fully saturated rings. The van der Waals surface area contributed by atoms with E-state index < -0.39 is 0 Å². The van der Waals surface area contributed by atoms with Gasteiger partial charge in [0.1, 0.15) is 0 Å². The van der Waals surface area contributed by atoms with Gasteiger partial charge in [0.25, 0.3) is 0 Å². The van der Waals surface area contributed by atoms with Crippen molar-refractivity contribution in [1.29, 1.82) is 0 Å². The summed E-state index contributed by atoms with van der Waals surface area (Å²) in [6.07, 6.45) is 5.55. The summed E-state index contributed by atoms with van der Waals surface area (Å²) in [5.74, 6) is 1.81. The van der Waals surface area contributed by atoms with Crippen LogP contribution in [0.4, 0.5) is 5.69 Å². The summed E-state index contributed by atoms with van der Waals surface area (Å²) in [6.45, 7) is 5.23. The minimum atomic E-state index is 0.610. The number of nitrogens with zero attached hydrogens (tertiary/aromatic N) is 1. The van der Waals surface area contributed by atoms with E-state index in [0.29, 0.717) is 6.04 Å². The molecule has 0 saturated heterocycles. The third-order valence-corrected chi connectivity index (χ3v) is 5.35. The number of nitrogens with one attached hydrogen (secondary N) is 1. The number of anilines is 1. The lowest BCUT2D eigenvalue weighted by Gasteiger charge is -2.31. The topological polar surface area (TPSA) is 15.3 Å². The van der Waals surface area contributed by atoms with E-state index in [1.165, 1.54) is 36.9 Å². The summed E-state index contributed by atoms with van der Waals surface area (Å²) >= 11 is 5.68. The van der Waals surface area contributed by atoms with Crippen molar-refractivity contribution in [3.05, 3.63) is 29.8 Å². The third kappa shape index (κ3) is 2.56. The smallest absolute Gasteiger partial charge is 0.173 e. The van der Waals surface area contributed by atoms with E-state index in [0.717, 1.165) is 23.5 Å². The van der Waals surface area contributed by atoms with Gasteiger partial charge < -0.3 is 10.2 Å². The summed E-state index contributed by atoms with van der Waals surface area (Å²) in [7, 11) is 0. The van der Waals surface area contributed by atoms with Crippen molar-refractivity contribution in [2.45, 2.75) is 45.6 Å². The monoisotopic (exact) mass is 288 g/mol. The molecule has 1 aromatic rings. The number of aryl methyl sites for hydroxylation is 1. The second-order valence-electron chi connectivity index (χ2n) is 6.26. The molecule has 0 aromatic heterocycles. The molecule has 1 N–H and O–H groups in total. The highest BCUT2D eigenvalue weighted by molar-refractivity contribution is 7.80. The third-order valence-electron chi connectivity index (χ3n) is 5.01. The molecule has 1 aromatic carbocycles. The first-order valence-electron chi connectivity index (χ1n) is 7.82. The first-order valence-corrected chi connectivity index (χ1v) is 8.23. The first-order chi connectivity index (χ1) is 9.69. The molecule has 0 unspecified atom stereocenters. The number of benzene rings is 1. The summed E-state index contributed by atoms with van der Waals surface area (Å²) < 4.78 is 0. The Morgan fingerprint density at radius 2 is 2.10 bits per heavy atom. The van der Waals surface area contributed by atoms with Crippen LogP contribution in [0.2, 0.25) is 0 Å². The van der Waals surface area contributed by atoms with E-state index in [1.54, 1.807) is 0 Å². The highest BCUT2D eigenvalue weighted by Crippen LogP contribution is 2.44. The van der Waals surface area contributed by atoms with E-state index in [9.17, 15) is 0 Å². The van der Waals surface area contributed by atoms with Crippen LogP contribution in [0, 0.1) is 18.8 Å². The Hall–Kier alpha value is -1.09. The van der Waals surface area contributed by atoms with Crippen LogP contribution in [-0.2, 0) is 0 Å². The van der Waals surface area contributed by atoms with E-state index in [4.69, 9.17) is 12.2 Å².